The Morgan fingerprint density at radius 2 is 2.06 bits per heavy atom. The highest BCUT2D eigenvalue weighted by Crippen LogP contribution is 2.12. The molecule has 0 saturated carbocycles. The number of nitrogens with one attached hydrogen (secondary N) is 1. The molecule has 100 valence electrons. The first-order valence-corrected chi connectivity index (χ1v) is 7.04. The van der Waals surface area contributed by atoms with Crippen LogP contribution in [0.1, 0.15) is 12.6 Å². The predicted molar refractivity (Wildman–Crippen MR) is 71.4 cm³/mol. The predicted octanol–water partition coefficient (Wildman–Crippen LogP) is -0.00760. The summed E-state index contributed by atoms with van der Waals surface area (Å²) in [5, 5.41) is 7.69. The number of hydrogen-bond donors (Lipinski definition) is 1. The summed E-state index contributed by atoms with van der Waals surface area (Å²) in [5.74, 6) is 0. The highest BCUT2D eigenvalue weighted by Gasteiger charge is 2.27. The summed E-state index contributed by atoms with van der Waals surface area (Å²) >= 11 is 0. The first-order chi connectivity index (χ1) is 8.86. The molecule has 2 saturated heterocycles. The van der Waals surface area contributed by atoms with E-state index in [4.69, 9.17) is 0 Å². The number of nitrogens with zero attached hydrogens (tertiary/aromatic N) is 4. The quantitative estimate of drug-likeness (QED) is 0.814. The molecule has 0 aliphatic carbocycles. The third-order valence-corrected chi connectivity index (χ3v) is 4.17. The maximum Gasteiger partial charge on any atom is 0.0524 e. The van der Waals surface area contributed by atoms with Crippen LogP contribution in [0.25, 0.3) is 0 Å². The molecule has 0 unspecified atom stereocenters. The van der Waals surface area contributed by atoms with E-state index in [-0.39, 0.29) is 0 Å². The highest BCUT2D eigenvalue weighted by molar-refractivity contribution is 5.01. The van der Waals surface area contributed by atoms with Crippen LogP contribution in [0.4, 0.5) is 0 Å². The Kier molecular flexibility index (Phi) is 3.63. The fourth-order valence-electron chi connectivity index (χ4n) is 2.83. The van der Waals surface area contributed by atoms with Crippen LogP contribution in [0.15, 0.2) is 12.3 Å². The summed E-state index contributed by atoms with van der Waals surface area (Å²) < 4.78 is 2.10. The summed E-state index contributed by atoms with van der Waals surface area (Å²) in [4.78, 5) is 5.18. The minimum absolute atomic E-state index is 0.799. The van der Waals surface area contributed by atoms with E-state index in [1.54, 1.807) is 0 Å². The molecule has 3 heterocycles. The SMILES string of the molecule is CCn1nccc1CN1CCN(C2CNC2)CC1. The summed E-state index contributed by atoms with van der Waals surface area (Å²) in [6.07, 6.45) is 1.91. The van der Waals surface area contributed by atoms with E-state index in [0.29, 0.717) is 0 Å². The fraction of sp³-hybridized carbons (Fsp3) is 0.769. The zero-order chi connectivity index (χ0) is 12.4. The molecule has 1 N–H and O–H groups in total. The van der Waals surface area contributed by atoms with Crippen molar-refractivity contribution in [1.29, 1.82) is 0 Å². The van der Waals surface area contributed by atoms with Crippen LogP contribution < -0.4 is 5.32 Å². The van der Waals surface area contributed by atoms with Gasteiger partial charge in [0.25, 0.3) is 0 Å². The largest absolute Gasteiger partial charge is 0.314 e. The minimum Gasteiger partial charge on any atom is -0.314 e. The Balaban J connectivity index is 1.50. The van der Waals surface area contributed by atoms with E-state index < -0.39 is 0 Å². The topological polar surface area (TPSA) is 36.3 Å². The van der Waals surface area contributed by atoms with Gasteiger partial charge in [-0.1, -0.05) is 0 Å². The van der Waals surface area contributed by atoms with Crippen LogP contribution >= 0.6 is 0 Å². The summed E-state index contributed by atoms with van der Waals surface area (Å²) in [7, 11) is 0. The van der Waals surface area contributed by atoms with Crippen LogP contribution in [-0.4, -0.2) is 64.9 Å². The molecule has 0 bridgehead atoms. The molecular weight excluding hydrogens is 226 g/mol. The van der Waals surface area contributed by atoms with Gasteiger partial charge < -0.3 is 5.32 Å². The number of hydrogen-bond acceptors (Lipinski definition) is 4. The smallest absolute Gasteiger partial charge is 0.0524 e. The van der Waals surface area contributed by atoms with Gasteiger partial charge in [0.2, 0.25) is 0 Å². The van der Waals surface area contributed by atoms with E-state index in [0.717, 1.165) is 19.1 Å². The third-order valence-electron chi connectivity index (χ3n) is 4.17. The maximum absolute atomic E-state index is 4.34. The lowest BCUT2D eigenvalue weighted by atomic mass is 10.1. The lowest BCUT2D eigenvalue weighted by Gasteiger charge is -2.43. The number of aryl methyl sites for hydroxylation is 1. The lowest BCUT2D eigenvalue weighted by Crippen LogP contribution is -2.61. The molecule has 1 aromatic rings. The van der Waals surface area contributed by atoms with Crippen molar-refractivity contribution in [3.05, 3.63) is 18.0 Å². The van der Waals surface area contributed by atoms with Crippen LogP contribution in [0.2, 0.25) is 0 Å². The van der Waals surface area contributed by atoms with Gasteiger partial charge in [0.1, 0.15) is 0 Å². The van der Waals surface area contributed by atoms with Gasteiger partial charge in [0.15, 0.2) is 0 Å². The Morgan fingerprint density at radius 1 is 1.28 bits per heavy atom. The van der Waals surface area contributed by atoms with Gasteiger partial charge in [0.05, 0.1) is 5.69 Å². The average molecular weight is 249 g/mol. The molecule has 1 aromatic heterocycles. The third kappa shape index (κ3) is 2.43. The molecule has 0 atom stereocenters. The van der Waals surface area contributed by atoms with Gasteiger partial charge in [-0.15, -0.1) is 0 Å². The van der Waals surface area contributed by atoms with Crippen molar-refractivity contribution in [1.82, 2.24) is 24.9 Å². The molecule has 0 aromatic carbocycles. The molecule has 3 rings (SSSR count). The van der Waals surface area contributed by atoms with Crippen molar-refractivity contribution in [2.45, 2.75) is 26.1 Å². The average Bonchev–Trinajstić information content (AvgIpc) is 2.77. The first kappa shape index (κ1) is 12.1. The van der Waals surface area contributed by atoms with Gasteiger partial charge in [-0.25, -0.2) is 0 Å². The normalized spacial score (nSPS) is 23.2. The van der Waals surface area contributed by atoms with Crippen LogP contribution in [0, 0.1) is 0 Å². The Labute approximate surface area is 109 Å². The molecule has 5 heteroatoms. The monoisotopic (exact) mass is 249 g/mol. The minimum atomic E-state index is 0.799. The molecular formula is C13H23N5. The number of aromatic nitrogens is 2. The van der Waals surface area contributed by atoms with Crippen molar-refractivity contribution in [2.24, 2.45) is 0 Å². The molecule has 5 nitrogen and oxygen atoms in total. The van der Waals surface area contributed by atoms with Crippen molar-refractivity contribution < 1.29 is 0 Å². The first-order valence-electron chi connectivity index (χ1n) is 7.04. The van der Waals surface area contributed by atoms with Gasteiger partial charge in [-0.05, 0) is 13.0 Å². The summed E-state index contributed by atoms with van der Waals surface area (Å²) in [6.45, 7) is 11.3. The Hall–Kier alpha value is -0.910. The number of piperazine rings is 1. The molecule has 2 aliphatic heterocycles. The van der Waals surface area contributed by atoms with E-state index in [1.165, 1.54) is 45.0 Å². The molecule has 0 amide bonds. The lowest BCUT2D eigenvalue weighted by molar-refractivity contribution is 0.0684. The van der Waals surface area contributed by atoms with Gasteiger partial charge >= 0.3 is 0 Å². The molecule has 18 heavy (non-hydrogen) atoms. The Morgan fingerprint density at radius 3 is 2.67 bits per heavy atom. The van der Waals surface area contributed by atoms with E-state index in [1.807, 2.05) is 6.20 Å². The van der Waals surface area contributed by atoms with Crippen LogP contribution in [0.5, 0.6) is 0 Å². The molecule has 2 aliphatic rings. The van der Waals surface area contributed by atoms with Crippen molar-refractivity contribution in [3.8, 4) is 0 Å². The van der Waals surface area contributed by atoms with Crippen molar-refractivity contribution in [2.75, 3.05) is 39.3 Å². The molecule has 0 spiro atoms. The molecule has 0 radical (unpaired) electrons. The Bertz CT molecular complexity index is 376. The second-order valence-electron chi connectivity index (χ2n) is 5.26. The zero-order valence-electron chi connectivity index (χ0n) is 11.2. The van der Waals surface area contributed by atoms with Crippen molar-refractivity contribution in [3.63, 3.8) is 0 Å². The van der Waals surface area contributed by atoms with E-state index in [9.17, 15) is 0 Å². The second kappa shape index (κ2) is 5.38. The number of rotatable bonds is 4. The molecule has 2 fully saturated rings. The van der Waals surface area contributed by atoms with E-state index in [2.05, 4.69) is 37.9 Å². The van der Waals surface area contributed by atoms with Gasteiger partial charge in [-0.3, -0.25) is 14.5 Å². The maximum atomic E-state index is 4.34. The van der Waals surface area contributed by atoms with Gasteiger partial charge in [0, 0.05) is 64.6 Å². The summed E-state index contributed by atoms with van der Waals surface area (Å²) in [5.41, 5.74) is 1.34. The zero-order valence-corrected chi connectivity index (χ0v) is 11.2. The van der Waals surface area contributed by atoms with E-state index >= 15 is 0 Å². The van der Waals surface area contributed by atoms with Crippen molar-refractivity contribution >= 4 is 0 Å². The highest BCUT2D eigenvalue weighted by atomic mass is 15.3. The summed E-state index contributed by atoms with van der Waals surface area (Å²) in [6, 6.07) is 2.94. The van der Waals surface area contributed by atoms with Crippen LogP contribution in [0.3, 0.4) is 0 Å². The second-order valence-corrected chi connectivity index (χ2v) is 5.26. The standard InChI is InChI=1S/C13H23N5/c1-2-18-12(3-4-15-18)11-16-5-7-17(8-6-16)13-9-14-10-13/h3-4,13-14H,2,5-11H2,1H3. The van der Waals surface area contributed by atoms with Crippen LogP contribution in [-0.2, 0) is 13.1 Å². The van der Waals surface area contributed by atoms with Gasteiger partial charge in [-0.2, -0.15) is 5.10 Å². The fourth-order valence-corrected chi connectivity index (χ4v) is 2.83.